The van der Waals surface area contributed by atoms with Crippen LogP contribution < -0.4 is 5.32 Å². The summed E-state index contributed by atoms with van der Waals surface area (Å²) in [5.74, 6) is -0.540. The van der Waals surface area contributed by atoms with E-state index in [1.165, 1.54) is 12.1 Å². The first kappa shape index (κ1) is 6.97. The van der Waals surface area contributed by atoms with Crippen molar-refractivity contribution in [3.63, 3.8) is 0 Å². The second-order valence-corrected chi connectivity index (χ2v) is 2.66. The normalized spacial score (nSPS) is 14.2. The number of hydrogen-bond acceptors (Lipinski definition) is 4. The molecule has 4 nitrogen and oxygen atoms in total. The maximum Gasteiger partial charge on any atom is 0.184 e. The standard InChI is InChI=1S/C8H7NO3/c10-6-1-4-5(2-7(6)11)9-3-8(4)12/h1-2,9-11H,3H2. The molecule has 12 heavy (non-hydrogen) atoms. The molecule has 62 valence electrons. The van der Waals surface area contributed by atoms with E-state index in [-0.39, 0.29) is 23.8 Å². The highest BCUT2D eigenvalue weighted by molar-refractivity contribution is 6.08. The molecule has 0 unspecified atom stereocenters. The van der Waals surface area contributed by atoms with Crippen LogP contribution in [0.4, 0.5) is 5.69 Å². The second-order valence-electron chi connectivity index (χ2n) is 2.66. The fourth-order valence-corrected chi connectivity index (χ4v) is 1.22. The number of ketones is 1. The first-order chi connectivity index (χ1) is 5.68. The summed E-state index contributed by atoms with van der Waals surface area (Å²) in [6, 6.07) is 2.61. The van der Waals surface area contributed by atoms with Crippen LogP contribution in [0.5, 0.6) is 11.5 Å². The molecule has 0 saturated heterocycles. The number of phenols is 2. The van der Waals surface area contributed by atoms with Gasteiger partial charge < -0.3 is 15.5 Å². The van der Waals surface area contributed by atoms with Crippen molar-refractivity contribution in [2.45, 2.75) is 0 Å². The van der Waals surface area contributed by atoms with E-state index in [1.54, 1.807) is 0 Å². The Morgan fingerprint density at radius 1 is 1.25 bits per heavy atom. The zero-order chi connectivity index (χ0) is 8.72. The average Bonchev–Trinajstić information content (AvgIpc) is 2.35. The lowest BCUT2D eigenvalue weighted by Gasteiger charge is -2.00. The third-order valence-corrected chi connectivity index (χ3v) is 1.85. The summed E-state index contributed by atoms with van der Waals surface area (Å²) < 4.78 is 0. The van der Waals surface area contributed by atoms with E-state index in [1.807, 2.05) is 0 Å². The Morgan fingerprint density at radius 3 is 2.67 bits per heavy atom. The van der Waals surface area contributed by atoms with Gasteiger partial charge in [-0.2, -0.15) is 0 Å². The molecule has 0 bridgehead atoms. The third kappa shape index (κ3) is 0.812. The monoisotopic (exact) mass is 165 g/mol. The number of fused-ring (bicyclic) bond motifs is 1. The van der Waals surface area contributed by atoms with Crippen LogP contribution in [0.1, 0.15) is 10.4 Å². The Labute approximate surface area is 68.5 Å². The number of rotatable bonds is 0. The van der Waals surface area contributed by atoms with Crippen molar-refractivity contribution in [3.8, 4) is 11.5 Å². The van der Waals surface area contributed by atoms with Crippen LogP contribution >= 0.6 is 0 Å². The van der Waals surface area contributed by atoms with Gasteiger partial charge in [0.1, 0.15) is 0 Å². The van der Waals surface area contributed by atoms with Crippen LogP contribution in [0.2, 0.25) is 0 Å². The number of aromatic hydroxyl groups is 2. The molecule has 0 fully saturated rings. The fraction of sp³-hybridized carbons (Fsp3) is 0.125. The molecule has 0 aliphatic carbocycles. The van der Waals surface area contributed by atoms with Gasteiger partial charge in [0.2, 0.25) is 0 Å². The molecule has 1 aromatic carbocycles. The minimum atomic E-state index is -0.259. The first-order valence-corrected chi connectivity index (χ1v) is 3.51. The van der Waals surface area contributed by atoms with Gasteiger partial charge >= 0.3 is 0 Å². The van der Waals surface area contributed by atoms with Crippen LogP contribution in [0.25, 0.3) is 0 Å². The van der Waals surface area contributed by atoms with Crippen molar-refractivity contribution in [2.75, 3.05) is 11.9 Å². The van der Waals surface area contributed by atoms with Gasteiger partial charge in [0.05, 0.1) is 6.54 Å². The van der Waals surface area contributed by atoms with Gasteiger partial charge in [-0.05, 0) is 6.07 Å². The molecule has 1 aromatic rings. The predicted octanol–water partition coefficient (Wildman–Crippen LogP) is 0.706. The highest BCUT2D eigenvalue weighted by Gasteiger charge is 2.20. The second kappa shape index (κ2) is 2.14. The van der Waals surface area contributed by atoms with Crippen molar-refractivity contribution in [1.29, 1.82) is 0 Å². The molecule has 1 aliphatic rings. The minimum absolute atomic E-state index is 0.0692. The zero-order valence-corrected chi connectivity index (χ0v) is 6.16. The fourth-order valence-electron chi connectivity index (χ4n) is 1.22. The van der Waals surface area contributed by atoms with Crippen molar-refractivity contribution in [1.82, 2.24) is 0 Å². The summed E-state index contributed by atoms with van der Waals surface area (Å²) in [6.07, 6.45) is 0. The summed E-state index contributed by atoms with van der Waals surface area (Å²) >= 11 is 0. The number of anilines is 1. The number of benzene rings is 1. The lowest BCUT2D eigenvalue weighted by Crippen LogP contribution is -2.00. The molecule has 0 saturated carbocycles. The first-order valence-electron chi connectivity index (χ1n) is 3.51. The maximum absolute atomic E-state index is 11.1. The van der Waals surface area contributed by atoms with Crippen LogP contribution in [-0.2, 0) is 0 Å². The lowest BCUT2D eigenvalue weighted by atomic mass is 10.1. The number of hydrogen-bond donors (Lipinski definition) is 3. The maximum atomic E-state index is 11.1. The molecule has 1 heterocycles. The molecular weight excluding hydrogens is 158 g/mol. The average molecular weight is 165 g/mol. The van der Waals surface area contributed by atoms with Gasteiger partial charge in [-0.1, -0.05) is 0 Å². The zero-order valence-electron chi connectivity index (χ0n) is 6.16. The number of phenolic OH excluding ortho intramolecular Hbond substituents is 2. The molecular formula is C8H7NO3. The van der Waals surface area contributed by atoms with E-state index in [9.17, 15) is 4.79 Å². The van der Waals surface area contributed by atoms with Crippen LogP contribution in [0.15, 0.2) is 12.1 Å². The summed E-state index contributed by atoms with van der Waals surface area (Å²) in [7, 11) is 0. The van der Waals surface area contributed by atoms with Gasteiger partial charge in [-0.25, -0.2) is 0 Å². The Hall–Kier alpha value is -1.71. The number of Topliss-reactive ketones (excluding diaryl/α,β-unsaturated/α-hetero) is 1. The Balaban J connectivity index is 2.63. The number of nitrogens with one attached hydrogen (secondary N) is 1. The molecule has 4 heteroatoms. The Bertz CT molecular complexity index is 360. The van der Waals surface area contributed by atoms with Crippen LogP contribution in [-0.4, -0.2) is 22.5 Å². The molecule has 0 amide bonds. The summed E-state index contributed by atoms with van der Waals surface area (Å²) in [4.78, 5) is 11.1. The van der Waals surface area contributed by atoms with E-state index >= 15 is 0 Å². The summed E-state index contributed by atoms with van der Waals surface area (Å²) in [5, 5.41) is 20.9. The molecule has 0 atom stereocenters. The molecule has 1 aliphatic heterocycles. The molecule has 0 aromatic heterocycles. The van der Waals surface area contributed by atoms with E-state index in [2.05, 4.69) is 5.32 Å². The Morgan fingerprint density at radius 2 is 1.92 bits per heavy atom. The van der Waals surface area contributed by atoms with E-state index in [0.717, 1.165) is 0 Å². The van der Waals surface area contributed by atoms with Gasteiger partial charge in [0, 0.05) is 17.3 Å². The quantitative estimate of drug-likeness (QED) is 0.391. The predicted molar refractivity (Wildman–Crippen MR) is 42.6 cm³/mol. The van der Waals surface area contributed by atoms with Crippen molar-refractivity contribution in [2.24, 2.45) is 0 Å². The van der Waals surface area contributed by atoms with Gasteiger partial charge in [-0.3, -0.25) is 4.79 Å². The van der Waals surface area contributed by atoms with Gasteiger partial charge in [-0.15, -0.1) is 0 Å². The molecule has 0 radical (unpaired) electrons. The van der Waals surface area contributed by atoms with Crippen LogP contribution in [0.3, 0.4) is 0 Å². The van der Waals surface area contributed by atoms with Crippen LogP contribution in [0, 0.1) is 0 Å². The molecule has 3 N–H and O–H groups in total. The highest BCUT2D eigenvalue weighted by Crippen LogP contribution is 2.33. The summed E-state index contributed by atoms with van der Waals surface area (Å²) in [6.45, 7) is 0.234. The minimum Gasteiger partial charge on any atom is -0.504 e. The topological polar surface area (TPSA) is 69.6 Å². The van der Waals surface area contributed by atoms with E-state index < -0.39 is 0 Å². The third-order valence-electron chi connectivity index (χ3n) is 1.85. The van der Waals surface area contributed by atoms with Gasteiger partial charge in [0.25, 0.3) is 0 Å². The molecule has 0 spiro atoms. The van der Waals surface area contributed by atoms with Crippen molar-refractivity contribution < 1.29 is 15.0 Å². The van der Waals surface area contributed by atoms with Crippen molar-refractivity contribution >= 4 is 11.5 Å². The van der Waals surface area contributed by atoms with Gasteiger partial charge in [0.15, 0.2) is 17.3 Å². The lowest BCUT2D eigenvalue weighted by molar-refractivity contribution is 0.101. The smallest absolute Gasteiger partial charge is 0.184 e. The highest BCUT2D eigenvalue weighted by atomic mass is 16.3. The molecule has 2 rings (SSSR count). The van der Waals surface area contributed by atoms with E-state index in [4.69, 9.17) is 10.2 Å². The number of carbonyl (C=O) groups excluding carboxylic acids is 1. The summed E-state index contributed by atoms with van der Waals surface area (Å²) in [5.41, 5.74) is 1.01. The van der Waals surface area contributed by atoms with Crippen molar-refractivity contribution in [3.05, 3.63) is 17.7 Å². The van der Waals surface area contributed by atoms with E-state index in [0.29, 0.717) is 11.3 Å². The largest absolute Gasteiger partial charge is 0.504 e. The Kier molecular flexibility index (Phi) is 1.24. The number of carbonyl (C=O) groups is 1. The SMILES string of the molecule is O=C1CNc2cc(O)c(O)cc21.